The van der Waals surface area contributed by atoms with Crippen LogP contribution in [0.3, 0.4) is 0 Å². The first-order valence-corrected chi connectivity index (χ1v) is 20.0. The maximum Gasteiger partial charge on any atom is 0.489 e. The van der Waals surface area contributed by atoms with Crippen molar-refractivity contribution < 1.29 is 29.1 Å². The van der Waals surface area contributed by atoms with Gasteiger partial charge in [-0.15, -0.1) is 22.7 Å². The second kappa shape index (κ2) is 17.0. The van der Waals surface area contributed by atoms with E-state index in [-0.39, 0.29) is 11.9 Å². The highest BCUT2D eigenvalue weighted by Gasteiger charge is 2.18. The monoisotopic (exact) mass is 964 g/mol. The number of fused-ring (bicyclic) bond motifs is 6. The summed E-state index contributed by atoms with van der Waals surface area (Å²) in [5, 5.41) is 23.3. The molecule has 0 unspecified atom stereocenters. The van der Waals surface area contributed by atoms with Crippen LogP contribution in [0.1, 0.15) is 20.7 Å². The van der Waals surface area contributed by atoms with Crippen molar-refractivity contribution in [1.82, 2.24) is 0 Å². The molecule has 0 saturated carbocycles. The molecule has 0 radical (unpaired) electrons. The van der Waals surface area contributed by atoms with Gasteiger partial charge in [-0.2, -0.15) is 0 Å². The Bertz CT molecular complexity index is 2590. The van der Waals surface area contributed by atoms with Crippen LogP contribution in [0.2, 0.25) is 0 Å². The molecule has 8 aromatic rings. The van der Waals surface area contributed by atoms with E-state index >= 15 is 0 Å². The Balaban J connectivity index is 0.000000144. The molecule has 0 fully saturated rings. The van der Waals surface area contributed by atoms with Crippen molar-refractivity contribution in [3.8, 4) is 11.1 Å². The van der Waals surface area contributed by atoms with Crippen molar-refractivity contribution >= 4 is 142 Å². The summed E-state index contributed by atoms with van der Waals surface area (Å²) in [6.07, 6.45) is 0. The van der Waals surface area contributed by atoms with Gasteiger partial charge in [0.25, 0.3) is 0 Å². The van der Waals surface area contributed by atoms with Crippen LogP contribution in [0.15, 0.2) is 130 Å². The molecule has 12 heteroatoms. The molecular weight excluding hydrogens is 938 g/mol. The first-order chi connectivity index (χ1) is 25.1. The molecule has 2 N–H and O–H groups in total. The summed E-state index contributed by atoms with van der Waals surface area (Å²) in [6.45, 7) is 0. The smallest absolute Gasteiger partial charge is 0.465 e. The van der Waals surface area contributed by atoms with E-state index in [1.807, 2.05) is 66.7 Å². The van der Waals surface area contributed by atoms with Crippen LogP contribution in [-0.4, -0.2) is 43.3 Å². The number of benzene rings is 6. The summed E-state index contributed by atoms with van der Waals surface area (Å²) in [5.41, 5.74) is 3.69. The third-order valence-electron chi connectivity index (χ3n) is 8.13. The topological polar surface area (TPSA) is 93.1 Å². The highest BCUT2D eigenvalue weighted by atomic mass is 127. The van der Waals surface area contributed by atoms with E-state index < -0.39 is 7.12 Å². The van der Waals surface area contributed by atoms with Gasteiger partial charge in [-0.05, 0) is 81.5 Å². The fraction of sp³-hybridized carbons (Fsp3) is 0.0500. The molecule has 0 saturated heterocycles. The summed E-state index contributed by atoms with van der Waals surface area (Å²) < 4.78 is 16.8. The third kappa shape index (κ3) is 8.13. The number of halogens is 3. The lowest BCUT2D eigenvalue weighted by Gasteiger charge is -2.10. The Kier molecular flexibility index (Phi) is 12.5. The second-order valence-electron chi connectivity index (χ2n) is 11.3. The van der Waals surface area contributed by atoms with Gasteiger partial charge in [0.2, 0.25) is 0 Å². The Morgan fingerprint density at radius 3 is 1.71 bits per heavy atom. The van der Waals surface area contributed by atoms with Gasteiger partial charge in [0.1, 0.15) is 0 Å². The molecule has 2 aromatic heterocycles. The van der Waals surface area contributed by atoms with Crippen LogP contribution in [0, 0.1) is 3.57 Å². The average molecular weight is 966 g/mol. The van der Waals surface area contributed by atoms with Crippen molar-refractivity contribution in [2.24, 2.45) is 0 Å². The second-order valence-corrected chi connectivity index (χ2v) is 16.4. The van der Waals surface area contributed by atoms with Gasteiger partial charge in [-0.3, -0.25) is 0 Å². The lowest BCUT2D eigenvalue weighted by Crippen LogP contribution is -2.29. The highest BCUT2D eigenvalue weighted by molar-refractivity contribution is 14.1. The van der Waals surface area contributed by atoms with Crippen molar-refractivity contribution in [2.75, 3.05) is 14.2 Å². The number of thiophene rings is 2. The van der Waals surface area contributed by atoms with Crippen LogP contribution in [-0.2, 0) is 9.47 Å². The van der Waals surface area contributed by atoms with Crippen molar-refractivity contribution in [2.45, 2.75) is 0 Å². The molecule has 0 amide bonds. The molecule has 0 aliphatic heterocycles. The number of carbonyl (C=O) groups excluding carboxylic acids is 2. The molecule has 0 atom stereocenters. The van der Waals surface area contributed by atoms with Crippen LogP contribution in [0.25, 0.3) is 51.5 Å². The maximum atomic E-state index is 12.2. The van der Waals surface area contributed by atoms with E-state index in [0.717, 1.165) is 33.7 Å². The third-order valence-corrected chi connectivity index (χ3v) is 12.5. The zero-order chi connectivity index (χ0) is 36.9. The number of methoxy groups -OCH3 is 2. The molecule has 6 nitrogen and oxygen atoms in total. The molecule has 260 valence electrons. The van der Waals surface area contributed by atoms with Crippen molar-refractivity contribution in [1.29, 1.82) is 0 Å². The van der Waals surface area contributed by atoms with E-state index in [1.165, 1.54) is 44.5 Å². The Hall–Kier alpha value is -3.63. The van der Waals surface area contributed by atoms with Gasteiger partial charge in [0, 0.05) is 53.0 Å². The van der Waals surface area contributed by atoms with Gasteiger partial charge >= 0.3 is 19.1 Å². The predicted molar refractivity (Wildman–Crippen MR) is 231 cm³/mol. The minimum absolute atomic E-state index is 0.305. The molecule has 8 rings (SSSR count). The molecule has 0 spiro atoms. The summed E-state index contributed by atoms with van der Waals surface area (Å²) in [6, 6.07) is 39.6. The van der Waals surface area contributed by atoms with Crippen LogP contribution >= 0.6 is 77.1 Å². The fourth-order valence-corrected chi connectivity index (χ4v) is 9.47. The summed E-state index contributed by atoms with van der Waals surface area (Å²) in [7, 11) is 1.38. The van der Waals surface area contributed by atoms with Crippen molar-refractivity contribution in [3.05, 3.63) is 145 Å². The molecule has 6 aromatic carbocycles. The minimum atomic E-state index is -1.41. The Morgan fingerprint density at radius 2 is 1.10 bits per heavy atom. The highest BCUT2D eigenvalue weighted by Crippen LogP contribution is 2.41. The zero-order valence-corrected chi connectivity index (χ0v) is 34.6. The van der Waals surface area contributed by atoms with E-state index in [1.54, 1.807) is 34.8 Å². The molecule has 0 bridgehead atoms. The van der Waals surface area contributed by atoms with Crippen LogP contribution < -0.4 is 5.46 Å². The molecule has 2 heterocycles. The van der Waals surface area contributed by atoms with Gasteiger partial charge in [0.15, 0.2) is 0 Å². The molecular formula is C40H28BBr2IO6S2. The van der Waals surface area contributed by atoms with Gasteiger partial charge < -0.3 is 19.5 Å². The summed E-state index contributed by atoms with van der Waals surface area (Å²) >= 11 is 12.2. The number of hydrogen-bond donors (Lipinski definition) is 2. The standard InChI is InChI=1S/C20H13BrO2S.C12H9BO2S.C8H6BrIO2/c1-23-20(22)17-11-12(21)9-10-13(17)15-6-4-7-16-14-5-2-3-8-18(14)24-19(15)16;14-13(15)10-6-3-5-9-8-4-1-2-7-11(8)16-12(9)10;1-12-8(11)6-4-5(9)2-3-7(6)10/h2-11H,1H3;1-7,14-15H;2-4H,1H3. The lowest BCUT2D eigenvalue weighted by atomic mass is 9.80. The van der Waals surface area contributed by atoms with Gasteiger partial charge in [0.05, 0.1) is 25.3 Å². The number of rotatable bonds is 4. The van der Waals surface area contributed by atoms with Crippen LogP contribution in [0.4, 0.5) is 0 Å². The minimum Gasteiger partial charge on any atom is -0.465 e. The van der Waals surface area contributed by atoms with Crippen molar-refractivity contribution in [3.63, 3.8) is 0 Å². The Morgan fingerprint density at radius 1 is 0.596 bits per heavy atom. The average Bonchev–Trinajstić information content (AvgIpc) is 3.74. The predicted octanol–water partition coefficient (Wildman–Crippen LogP) is 10.8. The molecule has 52 heavy (non-hydrogen) atoms. The largest absolute Gasteiger partial charge is 0.489 e. The zero-order valence-electron chi connectivity index (χ0n) is 27.6. The van der Waals surface area contributed by atoms with Gasteiger partial charge in [-0.25, -0.2) is 9.59 Å². The number of ether oxygens (including phenoxy) is 2. The van der Waals surface area contributed by atoms with E-state index in [2.05, 4.69) is 102 Å². The maximum absolute atomic E-state index is 12.2. The number of esters is 2. The van der Waals surface area contributed by atoms with E-state index in [0.29, 0.717) is 16.6 Å². The summed E-state index contributed by atoms with van der Waals surface area (Å²) in [5.74, 6) is -0.634. The lowest BCUT2D eigenvalue weighted by molar-refractivity contribution is 0.0591. The normalized spacial score (nSPS) is 10.8. The SMILES string of the molecule is COC(=O)c1cc(Br)ccc1-c1cccc2c1sc1ccccc12.COC(=O)c1cc(Br)ccc1I.OB(O)c1cccc2c1sc1ccccc12. The van der Waals surface area contributed by atoms with Crippen LogP contribution in [0.5, 0.6) is 0 Å². The molecule has 0 aliphatic rings. The molecule has 0 aliphatic carbocycles. The van der Waals surface area contributed by atoms with E-state index in [9.17, 15) is 19.6 Å². The fourth-order valence-electron chi connectivity index (χ4n) is 5.73. The van der Waals surface area contributed by atoms with Gasteiger partial charge in [-0.1, -0.05) is 111 Å². The van der Waals surface area contributed by atoms with E-state index in [4.69, 9.17) is 4.74 Å². The summed E-state index contributed by atoms with van der Waals surface area (Å²) in [4.78, 5) is 23.4. The quantitative estimate of drug-likeness (QED) is 0.104. The number of hydrogen-bond acceptors (Lipinski definition) is 8. The number of carbonyl (C=O) groups is 2. The Labute approximate surface area is 338 Å². The first-order valence-electron chi connectivity index (χ1n) is 15.7. The first kappa shape index (κ1) is 38.1.